The van der Waals surface area contributed by atoms with Gasteiger partial charge in [-0.05, 0) is 43.2 Å². The van der Waals surface area contributed by atoms with Gasteiger partial charge in [-0.2, -0.15) is 0 Å². The van der Waals surface area contributed by atoms with E-state index in [9.17, 15) is 8.42 Å². The van der Waals surface area contributed by atoms with E-state index in [0.717, 1.165) is 29.9 Å². The van der Waals surface area contributed by atoms with Gasteiger partial charge in [0.15, 0.2) is 0 Å². The molecule has 26 heavy (non-hydrogen) atoms. The summed E-state index contributed by atoms with van der Waals surface area (Å²) in [4.78, 5) is 2.63. The summed E-state index contributed by atoms with van der Waals surface area (Å²) in [6, 6.07) is 9.51. The molecule has 7 heteroatoms. The summed E-state index contributed by atoms with van der Waals surface area (Å²) in [5.74, 6) is 0. The van der Waals surface area contributed by atoms with E-state index in [0.29, 0.717) is 24.7 Å². The van der Waals surface area contributed by atoms with Crippen molar-refractivity contribution in [2.45, 2.75) is 24.8 Å². The predicted molar refractivity (Wildman–Crippen MR) is 102 cm³/mol. The lowest BCUT2D eigenvalue weighted by molar-refractivity contribution is 0.0158. The largest absolute Gasteiger partial charge is 0.379 e. The van der Waals surface area contributed by atoms with E-state index in [2.05, 4.69) is 9.62 Å². The monoisotopic (exact) mass is 377 g/mol. The Balaban J connectivity index is 1.83. The van der Waals surface area contributed by atoms with Crippen molar-refractivity contribution >= 4 is 10.0 Å². The topological polar surface area (TPSA) is 63.6 Å². The second kappa shape index (κ2) is 7.92. The first-order valence-corrected chi connectivity index (χ1v) is 10.4. The third-order valence-electron chi connectivity index (χ3n) is 4.91. The molecule has 1 atom stereocenters. The van der Waals surface area contributed by atoms with Gasteiger partial charge >= 0.3 is 0 Å². The van der Waals surface area contributed by atoms with E-state index in [1.54, 1.807) is 6.07 Å². The zero-order valence-electron chi connectivity index (χ0n) is 15.6. The molecule has 1 aromatic heterocycles. The minimum Gasteiger partial charge on any atom is -0.379 e. The Morgan fingerprint density at radius 3 is 2.58 bits per heavy atom. The van der Waals surface area contributed by atoms with Crippen LogP contribution in [0.15, 0.2) is 41.4 Å². The van der Waals surface area contributed by atoms with Crippen LogP contribution in [0.2, 0.25) is 0 Å². The average Bonchev–Trinajstić information content (AvgIpc) is 3.04. The Kier molecular flexibility index (Phi) is 5.82. The van der Waals surface area contributed by atoms with E-state index >= 15 is 0 Å². The summed E-state index contributed by atoms with van der Waals surface area (Å²) >= 11 is 0. The smallest absolute Gasteiger partial charge is 0.240 e. The maximum Gasteiger partial charge on any atom is 0.240 e. The first kappa shape index (κ1) is 19.1. The van der Waals surface area contributed by atoms with Crippen molar-refractivity contribution in [1.29, 1.82) is 0 Å². The fourth-order valence-corrected chi connectivity index (χ4v) is 4.76. The molecule has 0 spiro atoms. The second-order valence-electron chi connectivity index (χ2n) is 6.83. The molecule has 0 radical (unpaired) electrons. The SMILES string of the molecule is Cc1ccc(C)c(S(=O)(=O)NCC(c2cccn2C)N2CCOCC2)c1. The lowest BCUT2D eigenvalue weighted by Crippen LogP contribution is -2.44. The first-order chi connectivity index (χ1) is 12.4. The van der Waals surface area contributed by atoms with E-state index in [4.69, 9.17) is 4.74 Å². The molecule has 1 aliphatic heterocycles. The molecule has 0 bridgehead atoms. The number of aryl methyl sites for hydroxylation is 3. The Hall–Kier alpha value is -1.67. The molecule has 0 saturated carbocycles. The Morgan fingerprint density at radius 2 is 1.92 bits per heavy atom. The molecule has 2 aromatic rings. The number of sulfonamides is 1. The van der Waals surface area contributed by atoms with Crippen molar-refractivity contribution in [3.05, 3.63) is 53.3 Å². The Morgan fingerprint density at radius 1 is 1.19 bits per heavy atom. The zero-order chi connectivity index (χ0) is 18.7. The third-order valence-corrected chi connectivity index (χ3v) is 6.48. The van der Waals surface area contributed by atoms with Gasteiger partial charge in [-0.25, -0.2) is 13.1 Å². The van der Waals surface area contributed by atoms with Crippen molar-refractivity contribution in [2.75, 3.05) is 32.8 Å². The summed E-state index contributed by atoms with van der Waals surface area (Å²) in [7, 11) is -1.58. The molecule has 1 fully saturated rings. The molecular weight excluding hydrogens is 350 g/mol. The highest BCUT2D eigenvalue weighted by atomic mass is 32.2. The molecule has 0 aliphatic carbocycles. The number of hydrogen-bond acceptors (Lipinski definition) is 4. The molecule has 1 aliphatic rings. The summed E-state index contributed by atoms with van der Waals surface area (Å²) in [6.45, 7) is 6.98. The van der Waals surface area contributed by atoms with Gasteiger partial charge in [-0.1, -0.05) is 12.1 Å². The van der Waals surface area contributed by atoms with Crippen LogP contribution in [0.4, 0.5) is 0 Å². The van der Waals surface area contributed by atoms with Gasteiger partial charge in [0.05, 0.1) is 24.2 Å². The first-order valence-electron chi connectivity index (χ1n) is 8.88. The molecule has 1 unspecified atom stereocenters. The number of ether oxygens (including phenoxy) is 1. The normalized spacial score (nSPS) is 17.3. The van der Waals surface area contributed by atoms with Crippen LogP contribution in [0.1, 0.15) is 22.9 Å². The molecule has 1 aromatic carbocycles. The highest BCUT2D eigenvalue weighted by Gasteiger charge is 2.27. The van der Waals surface area contributed by atoms with Crippen molar-refractivity contribution < 1.29 is 13.2 Å². The Labute approximate surface area is 155 Å². The number of morpholine rings is 1. The second-order valence-corrected chi connectivity index (χ2v) is 8.56. The zero-order valence-corrected chi connectivity index (χ0v) is 16.4. The number of nitrogens with zero attached hydrogens (tertiary/aromatic N) is 2. The maximum atomic E-state index is 12.9. The van der Waals surface area contributed by atoms with Crippen molar-refractivity contribution in [3.8, 4) is 0 Å². The summed E-state index contributed by atoms with van der Waals surface area (Å²) in [5.41, 5.74) is 2.78. The van der Waals surface area contributed by atoms with E-state index in [-0.39, 0.29) is 6.04 Å². The van der Waals surface area contributed by atoms with E-state index in [1.165, 1.54) is 0 Å². The van der Waals surface area contributed by atoms with Gasteiger partial charge in [0, 0.05) is 38.6 Å². The van der Waals surface area contributed by atoms with Gasteiger partial charge in [0.2, 0.25) is 10.0 Å². The van der Waals surface area contributed by atoms with Gasteiger partial charge in [-0.3, -0.25) is 4.90 Å². The third kappa shape index (κ3) is 4.17. The summed E-state index contributed by atoms with van der Waals surface area (Å²) in [6.07, 6.45) is 1.99. The van der Waals surface area contributed by atoms with E-state index < -0.39 is 10.0 Å². The van der Waals surface area contributed by atoms with Gasteiger partial charge in [-0.15, -0.1) is 0 Å². The number of benzene rings is 1. The standard InChI is InChI=1S/C19H27N3O3S/c1-15-6-7-16(2)19(13-15)26(23,24)20-14-18(17-5-4-8-21(17)3)22-9-11-25-12-10-22/h4-8,13,18,20H,9-12,14H2,1-3H3. The fraction of sp³-hybridized carbons (Fsp3) is 0.474. The molecule has 2 heterocycles. The molecule has 1 saturated heterocycles. The highest BCUT2D eigenvalue weighted by molar-refractivity contribution is 7.89. The number of nitrogens with one attached hydrogen (secondary N) is 1. The minimum absolute atomic E-state index is 0.0289. The quantitative estimate of drug-likeness (QED) is 0.836. The minimum atomic E-state index is -3.57. The van der Waals surface area contributed by atoms with Crippen molar-refractivity contribution in [2.24, 2.45) is 7.05 Å². The lowest BCUT2D eigenvalue weighted by atomic mass is 10.1. The van der Waals surface area contributed by atoms with Crippen LogP contribution in [-0.2, 0) is 21.8 Å². The molecule has 0 amide bonds. The van der Waals surface area contributed by atoms with Gasteiger partial charge in [0.25, 0.3) is 0 Å². The molecule has 142 valence electrons. The van der Waals surface area contributed by atoms with Gasteiger partial charge < -0.3 is 9.30 Å². The molecule has 6 nitrogen and oxygen atoms in total. The highest BCUT2D eigenvalue weighted by Crippen LogP contribution is 2.23. The van der Waals surface area contributed by atoms with Crippen LogP contribution in [0, 0.1) is 13.8 Å². The predicted octanol–water partition coefficient (Wildman–Crippen LogP) is 1.99. The number of hydrogen-bond donors (Lipinski definition) is 1. The summed E-state index contributed by atoms with van der Waals surface area (Å²) < 4.78 is 36.1. The lowest BCUT2D eigenvalue weighted by Gasteiger charge is -2.35. The van der Waals surface area contributed by atoms with Crippen LogP contribution in [0.5, 0.6) is 0 Å². The fourth-order valence-electron chi connectivity index (χ4n) is 3.39. The van der Waals surface area contributed by atoms with Crippen molar-refractivity contribution in [3.63, 3.8) is 0 Å². The Bertz CT molecular complexity index is 855. The van der Waals surface area contributed by atoms with Crippen LogP contribution >= 0.6 is 0 Å². The van der Waals surface area contributed by atoms with Crippen LogP contribution < -0.4 is 4.72 Å². The van der Waals surface area contributed by atoms with Crippen LogP contribution in [0.25, 0.3) is 0 Å². The average molecular weight is 378 g/mol. The number of rotatable bonds is 6. The van der Waals surface area contributed by atoms with Gasteiger partial charge in [0.1, 0.15) is 0 Å². The van der Waals surface area contributed by atoms with Crippen molar-refractivity contribution in [1.82, 2.24) is 14.2 Å². The molecule has 3 rings (SSSR count). The molecular formula is C19H27N3O3S. The van der Waals surface area contributed by atoms with Crippen LogP contribution in [0.3, 0.4) is 0 Å². The summed E-state index contributed by atoms with van der Waals surface area (Å²) in [5, 5.41) is 0. The van der Waals surface area contributed by atoms with Crippen LogP contribution in [-0.4, -0.2) is 50.7 Å². The number of aromatic nitrogens is 1. The maximum absolute atomic E-state index is 12.9. The molecule has 1 N–H and O–H groups in total. The van der Waals surface area contributed by atoms with E-state index in [1.807, 2.05) is 55.9 Å².